The van der Waals surface area contributed by atoms with Gasteiger partial charge in [-0.3, -0.25) is 0 Å². The van der Waals surface area contributed by atoms with E-state index in [2.05, 4.69) is 30.1 Å². The second-order valence-corrected chi connectivity index (χ2v) is 4.61. The van der Waals surface area contributed by atoms with Gasteiger partial charge in [0.25, 0.3) is 0 Å². The summed E-state index contributed by atoms with van der Waals surface area (Å²) in [5, 5.41) is 11.7. The second-order valence-electron chi connectivity index (χ2n) is 4.61. The van der Waals surface area contributed by atoms with Gasteiger partial charge in [-0.1, -0.05) is 24.9 Å². The Balaban J connectivity index is 2.77. The van der Waals surface area contributed by atoms with Gasteiger partial charge in [0, 0.05) is 24.8 Å². The highest BCUT2D eigenvalue weighted by atomic mass is 16.4. The molecule has 0 saturated heterocycles. The molecule has 1 aromatic carbocycles. The van der Waals surface area contributed by atoms with Crippen molar-refractivity contribution in [2.75, 3.05) is 18.5 Å². The number of nitrogens with zero attached hydrogens (tertiary/aromatic N) is 2. The molecule has 1 rings (SSSR count). The van der Waals surface area contributed by atoms with E-state index in [-0.39, 0.29) is 5.84 Å². The lowest BCUT2D eigenvalue weighted by atomic mass is 10.1. The van der Waals surface area contributed by atoms with Gasteiger partial charge in [-0.25, -0.2) is 0 Å². The fraction of sp³-hybridized carbons (Fsp3) is 0.500. The van der Waals surface area contributed by atoms with Gasteiger partial charge in [-0.15, -0.1) is 0 Å². The van der Waals surface area contributed by atoms with Crippen LogP contribution in [0.1, 0.15) is 37.3 Å². The van der Waals surface area contributed by atoms with E-state index in [4.69, 9.17) is 10.9 Å². The Labute approximate surface area is 109 Å². The molecule has 0 spiro atoms. The molecule has 1 aromatic rings. The van der Waals surface area contributed by atoms with E-state index in [1.165, 1.54) is 19.3 Å². The van der Waals surface area contributed by atoms with Gasteiger partial charge >= 0.3 is 0 Å². The number of aryl methyl sites for hydroxylation is 1. The molecule has 0 aromatic heterocycles. The largest absolute Gasteiger partial charge is 0.409 e. The Morgan fingerprint density at radius 2 is 2.11 bits per heavy atom. The van der Waals surface area contributed by atoms with Gasteiger partial charge in [-0.2, -0.15) is 0 Å². The zero-order chi connectivity index (χ0) is 13.5. The van der Waals surface area contributed by atoms with E-state index < -0.39 is 0 Å². The molecule has 18 heavy (non-hydrogen) atoms. The molecular formula is C14H23N3O. The molecule has 0 aliphatic rings. The van der Waals surface area contributed by atoms with Crippen molar-refractivity contribution in [2.45, 2.75) is 33.1 Å². The summed E-state index contributed by atoms with van der Waals surface area (Å²) in [6, 6.07) is 5.97. The maximum Gasteiger partial charge on any atom is 0.170 e. The first-order valence-corrected chi connectivity index (χ1v) is 6.39. The summed E-state index contributed by atoms with van der Waals surface area (Å²) in [4.78, 5) is 2.23. The smallest absolute Gasteiger partial charge is 0.170 e. The van der Waals surface area contributed by atoms with Crippen molar-refractivity contribution in [3.8, 4) is 0 Å². The number of oxime groups is 1. The van der Waals surface area contributed by atoms with Crippen LogP contribution < -0.4 is 10.6 Å². The Bertz CT molecular complexity index is 416. The lowest BCUT2D eigenvalue weighted by molar-refractivity contribution is 0.318. The average molecular weight is 249 g/mol. The third-order valence-corrected chi connectivity index (χ3v) is 3.13. The summed E-state index contributed by atoms with van der Waals surface area (Å²) in [6.45, 7) is 5.23. The first-order valence-electron chi connectivity index (χ1n) is 6.39. The maximum absolute atomic E-state index is 8.69. The average Bonchev–Trinajstić information content (AvgIpc) is 2.38. The number of unbranched alkanes of at least 4 members (excludes halogenated alkanes) is 2. The topological polar surface area (TPSA) is 61.8 Å². The number of hydrogen-bond donors (Lipinski definition) is 2. The van der Waals surface area contributed by atoms with Crippen LogP contribution in [0.4, 0.5) is 5.69 Å². The van der Waals surface area contributed by atoms with Gasteiger partial charge in [0.2, 0.25) is 0 Å². The standard InChI is InChI=1S/C14H23N3O/c1-4-5-6-9-17(3)12-7-8-13(11(2)10-12)14(15)16-18/h7-8,10,18H,4-6,9H2,1-3H3,(H2,15,16). The fourth-order valence-corrected chi connectivity index (χ4v) is 1.95. The van der Waals surface area contributed by atoms with E-state index in [0.717, 1.165) is 23.4 Å². The van der Waals surface area contributed by atoms with Gasteiger partial charge in [0.1, 0.15) is 0 Å². The minimum atomic E-state index is 0.160. The lowest BCUT2D eigenvalue weighted by Gasteiger charge is -2.20. The van der Waals surface area contributed by atoms with Crippen LogP contribution in [0.5, 0.6) is 0 Å². The monoisotopic (exact) mass is 249 g/mol. The van der Waals surface area contributed by atoms with Crippen LogP contribution in [-0.4, -0.2) is 24.6 Å². The molecule has 0 fully saturated rings. The number of amidine groups is 1. The Hall–Kier alpha value is -1.71. The van der Waals surface area contributed by atoms with Gasteiger partial charge in [0.15, 0.2) is 5.84 Å². The molecule has 4 nitrogen and oxygen atoms in total. The molecule has 0 unspecified atom stereocenters. The first kappa shape index (κ1) is 14.4. The SMILES string of the molecule is CCCCCN(C)c1ccc(/C(N)=N/O)c(C)c1. The number of benzene rings is 1. The van der Waals surface area contributed by atoms with Crippen LogP contribution in [0.3, 0.4) is 0 Å². The minimum absolute atomic E-state index is 0.160. The summed E-state index contributed by atoms with van der Waals surface area (Å²) < 4.78 is 0. The van der Waals surface area contributed by atoms with Crippen LogP contribution in [0.2, 0.25) is 0 Å². The van der Waals surface area contributed by atoms with E-state index in [0.29, 0.717) is 0 Å². The van der Waals surface area contributed by atoms with E-state index >= 15 is 0 Å². The second kappa shape index (κ2) is 6.89. The third-order valence-electron chi connectivity index (χ3n) is 3.13. The van der Waals surface area contributed by atoms with Crippen LogP contribution in [0.15, 0.2) is 23.4 Å². The van der Waals surface area contributed by atoms with Gasteiger partial charge in [0.05, 0.1) is 0 Å². The van der Waals surface area contributed by atoms with E-state index in [9.17, 15) is 0 Å². The Kier molecular flexibility index (Phi) is 5.49. The molecule has 0 amide bonds. The van der Waals surface area contributed by atoms with Crippen molar-refractivity contribution < 1.29 is 5.21 Å². The van der Waals surface area contributed by atoms with Gasteiger partial charge < -0.3 is 15.8 Å². The molecule has 0 bridgehead atoms. The molecule has 4 heteroatoms. The first-order chi connectivity index (χ1) is 8.60. The summed E-state index contributed by atoms with van der Waals surface area (Å²) in [7, 11) is 2.09. The highest BCUT2D eigenvalue weighted by molar-refractivity contribution is 5.98. The molecule has 0 saturated carbocycles. The molecule has 100 valence electrons. The van der Waals surface area contributed by atoms with E-state index in [1.807, 2.05) is 19.1 Å². The number of hydrogen-bond acceptors (Lipinski definition) is 3. The van der Waals surface area contributed by atoms with Crippen molar-refractivity contribution >= 4 is 11.5 Å². The zero-order valence-electron chi connectivity index (χ0n) is 11.5. The van der Waals surface area contributed by atoms with Crippen molar-refractivity contribution in [2.24, 2.45) is 10.9 Å². The summed E-state index contributed by atoms with van der Waals surface area (Å²) in [5.74, 6) is 0.160. The molecule has 0 aliphatic carbocycles. The number of rotatable bonds is 6. The molecule has 3 N–H and O–H groups in total. The van der Waals surface area contributed by atoms with Crippen LogP contribution >= 0.6 is 0 Å². The predicted molar refractivity (Wildman–Crippen MR) is 76.5 cm³/mol. The summed E-state index contributed by atoms with van der Waals surface area (Å²) >= 11 is 0. The highest BCUT2D eigenvalue weighted by Crippen LogP contribution is 2.18. The lowest BCUT2D eigenvalue weighted by Crippen LogP contribution is -2.20. The van der Waals surface area contributed by atoms with Crippen molar-refractivity contribution in [1.82, 2.24) is 0 Å². The van der Waals surface area contributed by atoms with Crippen molar-refractivity contribution in [1.29, 1.82) is 0 Å². The molecule has 0 atom stereocenters. The van der Waals surface area contributed by atoms with Crippen LogP contribution in [-0.2, 0) is 0 Å². The van der Waals surface area contributed by atoms with E-state index in [1.54, 1.807) is 0 Å². The van der Waals surface area contributed by atoms with Crippen LogP contribution in [0.25, 0.3) is 0 Å². The molecule has 0 radical (unpaired) electrons. The number of anilines is 1. The minimum Gasteiger partial charge on any atom is -0.409 e. The number of nitrogens with two attached hydrogens (primary N) is 1. The summed E-state index contributed by atoms with van der Waals surface area (Å²) in [6.07, 6.45) is 3.69. The van der Waals surface area contributed by atoms with Crippen molar-refractivity contribution in [3.05, 3.63) is 29.3 Å². The third kappa shape index (κ3) is 3.65. The Morgan fingerprint density at radius 1 is 1.39 bits per heavy atom. The molecular weight excluding hydrogens is 226 g/mol. The molecule has 0 aliphatic heterocycles. The predicted octanol–water partition coefficient (Wildman–Crippen LogP) is 2.72. The van der Waals surface area contributed by atoms with Gasteiger partial charge in [-0.05, 0) is 37.1 Å². The summed E-state index contributed by atoms with van der Waals surface area (Å²) in [5.41, 5.74) is 8.57. The fourth-order valence-electron chi connectivity index (χ4n) is 1.95. The quantitative estimate of drug-likeness (QED) is 0.268. The zero-order valence-corrected chi connectivity index (χ0v) is 11.5. The van der Waals surface area contributed by atoms with Crippen molar-refractivity contribution in [3.63, 3.8) is 0 Å². The normalized spacial score (nSPS) is 11.6. The maximum atomic E-state index is 8.69. The van der Waals surface area contributed by atoms with Crippen LogP contribution in [0, 0.1) is 6.92 Å². The Morgan fingerprint density at radius 3 is 2.67 bits per heavy atom. The molecule has 0 heterocycles. The highest BCUT2D eigenvalue weighted by Gasteiger charge is 2.07.